The number of likely N-dealkylation sites (tertiary alicyclic amines) is 1. The van der Waals surface area contributed by atoms with Crippen molar-refractivity contribution in [2.45, 2.75) is 31.9 Å². The lowest BCUT2D eigenvalue weighted by Gasteiger charge is -2.32. The van der Waals surface area contributed by atoms with Gasteiger partial charge >= 0.3 is 6.18 Å². The number of rotatable bonds is 3. The molecule has 5 heterocycles. The average molecular weight is 445 g/mol. The normalized spacial score (nSPS) is 17.2. The van der Waals surface area contributed by atoms with Crippen molar-refractivity contribution >= 4 is 11.6 Å². The first-order valence-corrected chi connectivity index (χ1v) is 10.0. The molecule has 11 heteroatoms. The van der Waals surface area contributed by atoms with E-state index in [1.807, 2.05) is 0 Å². The number of hydrogen-bond donors (Lipinski definition) is 0. The summed E-state index contributed by atoms with van der Waals surface area (Å²) in [5.74, 6) is 0.0744. The Hall–Kier alpha value is -3.63. The quantitative estimate of drug-likeness (QED) is 0.467. The number of amides is 1. The number of piperidine rings is 1. The van der Waals surface area contributed by atoms with Gasteiger partial charge in [-0.2, -0.15) is 18.3 Å². The topological polar surface area (TPSA) is 89.7 Å². The molecule has 1 aliphatic rings. The Morgan fingerprint density at radius 2 is 2.06 bits per heavy atom. The highest BCUT2D eigenvalue weighted by atomic mass is 19.4. The van der Waals surface area contributed by atoms with Gasteiger partial charge in [-0.1, -0.05) is 5.16 Å². The van der Waals surface area contributed by atoms with Gasteiger partial charge < -0.3 is 13.8 Å². The van der Waals surface area contributed by atoms with E-state index in [9.17, 15) is 18.0 Å². The van der Waals surface area contributed by atoms with Gasteiger partial charge in [0.1, 0.15) is 5.69 Å². The number of aryl methyl sites for hydroxylation is 1. The summed E-state index contributed by atoms with van der Waals surface area (Å²) < 4.78 is 52.2. The summed E-state index contributed by atoms with van der Waals surface area (Å²) in [5, 5.41) is 7.75. The van der Waals surface area contributed by atoms with E-state index in [4.69, 9.17) is 8.94 Å². The molecule has 1 amide bonds. The third-order valence-corrected chi connectivity index (χ3v) is 5.48. The van der Waals surface area contributed by atoms with Gasteiger partial charge in [0.05, 0.1) is 12.0 Å². The zero-order valence-corrected chi connectivity index (χ0v) is 17.0. The lowest BCUT2D eigenvalue weighted by molar-refractivity contribution is -0.142. The largest absolute Gasteiger partial charge is 0.461 e. The van der Waals surface area contributed by atoms with Crippen LogP contribution in [0.15, 0.2) is 45.5 Å². The van der Waals surface area contributed by atoms with E-state index >= 15 is 0 Å². The van der Waals surface area contributed by atoms with Gasteiger partial charge in [-0.25, -0.2) is 9.50 Å². The standard InChI is InChI=1S/C21H18F3N5O3/c1-12-8-19-25-14(10-18(21(22,23)24)29(19)26-12)13-4-2-6-28(11-13)20(30)15-9-17(32-27-15)16-5-3-7-31-16/h3,5,7-10,13H,2,4,6,11H2,1H3/t13-/m0/s1. The number of carbonyl (C=O) groups excluding carboxylic acids is 1. The van der Waals surface area contributed by atoms with Crippen LogP contribution in [0, 0.1) is 6.92 Å². The number of carbonyl (C=O) groups is 1. The molecule has 1 saturated heterocycles. The van der Waals surface area contributed by atoms with Crippen LogP contribution in [-0.4, -0.2) is 43.7 Å². The Morgan fingerprint density at radius 3 is 2.81 bits per heavy atom. The lowest BCUT2D eigenvalue weighted by atomic mass is 9.93. The molecule has 8 nitrogen and oxygen atoms in total. The van der Waals surface area contributed by atoms with Gasteiger partial charge in [-0.05, 0) is 38.0 Å². The average Bonchev–Trinajstić information content (AvgIpc) is 3.51. The number of alkyl halides is 3. The Bertz CT molecular complexity index is 1280. The molecule has 0 spiro atoms. The van der Waals surface area contributed by atoms with Crippen LogP contribution < -0.4 is 0 Å². The van der Waals surface area contributed by atoms with Crippen LogP contribution in [0.5, 0.6) is 0 Å². The molecule has 4 aromatic heterocycles. The third kappa shape index (κ3) is 3.63. The number of aromatic nitrogens is 4. The fourth-order valence-corrected chi connectivity index (χ4v) is 4.00. The highest BCUT2D eigenvalue weighted by Gasteiger charge is 2.37. The fraction of sp³-hybridized carbons (Fsp3) is 0.333. The molecule has 1 atom stereocenters. The molecular weight excluding hydrogens is 427 g/mol. The fourth-order valence-electron chi connectivity index (χ4n) is 4.00. The van der Waals surface area contributed by atoms with Crippen LogP contribution in [-0.2, 0) is 6.18 Å². The minimum atomic E-state index is -4.58. The molecular formula is C21H18F3N5O3. The highest BCUT2D eigenvalue weighted by molar-refractivity contribution is 5.93. The van der Waals surface area contributed by atoms with Crippen molar-refractivity contribution in [3.63, 3.8) is 0 Å². The molecule has 0 bridgehead atoms. The van der Waals surface area contributed by atoms with E-state index in [0.29, 0.717) is 42.3 Å². The zero-order valence-electron chi connectivity index (χ0n) is 17.0. The smallest absolute Gasteiger partial charge is 0.433 e. The maximum Gasteiger partial charge on any atom is 0.433 e. The second kappa shape index (κ2) is 7.50. The first-order chi connectivity index (χ1) is 15.3. The van der Waals surface area contributed by atoms with Gasteiger partial charge in [0.25, 0.3) is 5.91 Å². The van der Waals surface area contributed by atoms with E-state index in [0.717, 1.165) is 10.6 Å². The molecule has 1 aliphatic heterocycles. The lowest BCUT2D eigenvalue weighted by Crippen LogP contribution is -2.39. The van der Waals surface area contributed by atoms with E-state index in [1.54, 1.807) is 24.0 Å². The van der Waals surface area contributed by atoms with Crippen LogP contribution in [0.1, 0.15) is 46.3 Å². The highest BCUT2D eigenvalue weighted by Crippen LogP contribution is 2.34. The molecule has 0 saturated carbocycles. The summed E-state index contributed by atoms with van der Waals surface area (Å²) in [6.45, 7) is 2.32. The molecule has 4 aromatic rings. The summed E-state index contributed by atoms with van der Waals surface area (Å²) in [7, 11) is 0. The van der Waals surface area contributed by atoms with E-state index < -0.39 is 11.9 Å². The minimum Gasteiger partial charge on any atom is -0.461 e. The monoisotopic (exact) mass is 445 g/mol. The first-order valence-electron chi connectivity index (χ1n) is 10.0. The van der Waals surface area contributed by atoms with Gasteiger partial charge in [-0.15, -0.1) is 0 Å². The van der Waals surface area contributed by atoms with Gasteiger partial charge in [0, 0.05) is 36.8 Å². The molecule has 166 valence electrons. The molecule has 5 rings (SSSR count). The maximum absolute atomic E-state index is 13.6. The molecule has 0 unspecified atom stereocenters. The number of hydrogen-bond acceptors (Lipinski definition) is 6. The van der Waals surface area contributed by atoms with Crippen molar-refractivity contribution in [3.05, 3.63) is 59.4 Å². The Balaban J connectivity index is 1.42. The molecule has 0 radical (unpaired) electrons. The van der Waals surface area contributed by atoms with Crippen molar-refractivity contribution in [1.82, 2.24) is 24.7 Å². The maximum atomic E-state index is 13.6. The van der Waals surface area contributed by atoms with Crippen molar-refractivity contribution in [3.8, 4) is 11.5 Å². The second-order valence-corrected chi connectivity index (χ2v) is 7.76. The zero-order chi connectivity index (χ0) is 22.5. The summed E-state index contributed by atoms with van der Waals surface area (Å²) in [6, 6.07) is 7.41. The second-order valence-electron chi connectivity index (χ2n) is 7.76. The van der Waals surface area contributed by atoms with Gasteiger partial charge in [-0.3, -0.25) is 4.79 Å². The van der Waals surface area contributed by atoms with Crippen LogP contribution in [0.4, 0.5) is 13.2 Å². The summed E-state index contributed by atoms with van der Waals surface area (Å²) in [6.07, 6.45) is -1.85. The van der Waals surface area contributed by atoms with E-state index in [1.165, 1.54) is 18.4 Å². The van der Waals surface area contributed by atoms with Gasteiger partial charge in [0.15, 0.2) is 17.1 Å². The number of halogens is 3. The number of fused-ring (bicyclic) bond motifs is 1. The SMILES string of the molecule is Cc1cc2nc([C@H]3CCCN(C(=O)c4cc(-c5ccco5)on4)C3)cc(C(F)(F)F)n2n1. The molecule has 0 aromatic carbocycles. The minimum absolute atomic E-state index is 0.114. The summed E-state index contributed by atoms with van der Waals surface area (Å²) in [4.78, 5) is 18.9. The van der Waals surface area contributed by atoms with Crippen LogP contribution >= 0.6 is 0 Å². The molecule has 32 heavy (non-hydrogen) atoms. The van der Waals surface area contributed by atoms with Crippen LogP contribution in [0.25, 0.3) is 17.2 Å². The van der Waals surface area contributed by atoms with Crippen molar-refractivity contribution in [1.29, 1.82) is 0 Å². The Kier molecular flexibility index (Phi) is 4.75. The molecule has 0 N–H and O–H groups in total. The molecule has 1 fully saturated rings. The summed E-state index contributed by atoms with van der Waals surface area (Å²) in [5.41, 5.74) is 0.101. The van der Waals surface area contributed by atoms with Gasteiger partial charge in [0.2, 0.25) is 5.76 Å². The number of furan rings is 1. The van der Waals surface area contributed by atoms with Crippen molar-refractivity contribution in [2.75, 3.05) is 13.1 Å². The Labute approximate surface area is 179 Å². The molecule has 0 aliphatic carbocycles. The van der Waals surface area contributed by atoms with Crippen LogP contribution in [0.2, 0.25) is 0 Å². The summed E-state index contributed by atoms with van der Waals surface area (Å²) >= 11 is 0. The third-order valence-electron chi connectivity index (χ3n) is 5.48. The predicted octanol–water partition coefficient (Wildman–Crippen LogP) is 4.32. The van der Waals surface area contributed by atoms with Crippen molar-refractivity contribution < 1.29 is 26.9 Å². The number of nitrogens with zero attached hydrogens (tertiary/aromatic N) is 5. The van der Waals surface area contributed by atoms with Crippen LogP contribution in [0.3, 0.4) is 0 Å². The first kappa shape index (κ1) is 20.3. The van der Waals surface area contributed by atoms with E-state index in [2.05, 4.69) is 15.2 Å². The Morgan fingerprint density at radius 1 is 1.22 bits per heavy atom. The van der Waals surface area contributed by atoms with E-state index in [-0.39, 0.29) is 29.7 Å². The predicted molar refractivity (Wildman–Crippen MR) is 105 cm³/mol. The van der Waals surface area contributed by atoms with Crippen molar-refractivity contribution in [2.24, 2.45) is 0 Å².